The number of fused-ring (bicyclic) bond motifs is 2. The largest absolute Gasteiger partial charge is 0.456 e. The fraction of sp³-hybridized carbons (Fsp3) is 0.569. The molecule has 0 unspecified atom stereocenters. The molecular weight excluding hydrogens is 1170 g/mol. The second-order valence-electron chi connectivity index (χ2n) is 21.3. The number of nitrogens with zero attached hydrogens (tertiary/aromatic N) is 3. The predicted molar refractivity (Wildman–Crippen MR) is 332 cm³/mol. The molecule has 1 N–H and O–H groups in total. The zero-order valence-corrected chi connectivity index (χ0v) is 53.3. The van der Waals surface area contributed by atoms with Crippen LogP contribution in [0.25, 0.3) is 28.5 Å². The van der Waals surface area contributed by atoms with Crippen LogP contribution in [0.5, 0.6) is 0 Å². The Morgan fingerprint density at radius 1 is 0.629 bits per heavy atom. The summed E-state index contributed by atoms with van der Waals surface area (Å²) in [5, 5.41) is 1.46. The number of anilines is 1. The fourth-order valence-electron chi connectivity index (χ4n) is 9.93. The minimum atomic E-state index is -4.50. The van der Waals surface area contributed by atoms with Crippen LogP contribution >= 0.6 is 0 Å². The van der Waals surface area contributed by atoms with Crippen molar-refractivity contribution in [1.29, 1.82) is 0 Å². The van der Waals surface area contributed by atoms with E-state index in [1.165, 1.54) is 12.1 Å². The molecule has 23 nitrogen and oxygen atoms in total. The lowest BCUT2D eigenvalue weighted by molar-refractivity contribution is -0.197. The molecule has 492 valence electrons. The summed E-state index contributed by atoms with van der Waals surface area (Å²) in [5.41, 5.74) is 5.53. The van der Waals surface area contributed by atoms with Crippen molar-refractivity contribution in [2.45, 2.75) is 69.6 Å². The Morgan fingerprint density at radius 3 is 1.62 bits per heavy atom. The van der Waals surface area contributed by atoms with Gasteiger partial charge in [0, 0.05) is 74.0 Å². The first kappa shape index (κ1) is 72.3. The van der Waals surface area contributed by atoms with Gasteiger partial charge >= 0.3 is 5.97 Å². The fourth-order valence-corrected chi connectivity index (χ4v) is 10.4. The quantitative estimate of drug-likeness (QED) is 0.0209. The van der Waals surface area contributed by atoms with Crippen LogP contribution < -0.4 is 14.8 Å². The number of benzene rings is 3. The highest BCUT2D eigenvalue weighted by molar-refractivity contribution is 7.85. The van der Waals surface area contributed by atoms with Crippen molar-refractivity contribution in [3.63, 3.8) is 0 Å². The van der Waals surface area contributed by atoms with Crippen molar-refractivity contribution in [2.75, 3.05) is 184 Å². The van der Waals surface area contributed by atoms with Crippen molar-refractivity contribution in [3.05, 3.63) is 107 Å². The Bertz CT molecular complexity index is 2930. The second-order valence-corrected chi connectivity index (χ2v) is 22.7. The normalized spacial score (nSPS) is 14.6. The van der Waals surface area contributed by atoms with Crippen molar-refractivity contribution >= 4 is 39.7 Å². The summed E-state index contributed by atoms with van der Waals surface area (Å²) in [5.74, 6) is -0.436. The first-order valence-electron chi connectivity index (χ1n) is 30.6. The maximum absolute atomic E-state index is 12.6. The SMILES string of the molecule is COCCOCCOCCOCCOCCOCC[N+](CCOCCOCCOCCOCCOCCOC)=c1ccc2c(-c3ccccc3)c(C)c(/C=C/C=C3/N(CCCCCC(=O)ON4C(=O)CCC4=O)c4ccc(S(=O)(=O)O)cc4C3(C)C)oc-2c1. The molecule has 24 heteroatoms. The Kier molecular flexibility index (Phi) is 32.6. The lowest BCUT2D eigenvalue weighted by Gasteiger charge is -2.27. The molecule has 3 aliphatic heterocycles. The minimum absolute atomic E-state index is 0.0164. The molecule has 0 aromatic heterocycles. The van der Waals surface area contributed by atoms with E-state index in [0.717, 1.165) is 44.6 Å². The summed E-state index contributed by atoms with van der Waals surface area (Å²) in [6, 6.07) is 21.0. The highest BCUT2D eigenvalue weighted by Crippen LogP contribution is 2.49. The first-order valence-corrected chi connectivity index (χ1v) is 32.0. The molecular formula is C65H92N3O20S+. The summed E-state index contributed by atoms with van der Waals surface area (Å²) < 4.78 is 111. The smallest absolute Gasteiger partial charge is 0.333 e. The van der Waals surface area contributed by atoms with Crippen molar-refractivity contribution in [3.8, 4) is 22.5 Å². The van der Waals surface area contributed by atoms with E-state index in [9.17, 15) is 27.4 Å². The Balaban J connectivity index is 1.15. The van der Waals surface area contributed by atoms with Gasteiger partial charge in [0.2, 0.25) is 5.36 Å². The van der Waals surface area contributed by atoms with Gasteiger partial charge in [0.25, 0.3) is 21.9 Å². The lowest BCUT2D eigenvalue weighted by Crippen LogP contribution is -2.36. The minimum Gasteiger partial charge on any atom is -0.456 e. The monoisotopic (exact) mass is 1270 g/mol. The van der Waals surface area contributed by atoms with Crippen LogP contribution in [-0.4, -0.2) is 215 Å². The molecule has 4 aliphatic rings. The number of hydrogen-bond acceptors (Lipinski definition) is 20. The van der Waals surface area contributed by atoms with E-state index >= 15 is 0 Å². The summed E-state index contributed by atoms with van der Waals surface area (Å²) >= 11 is 0. The molecule has 0 spiro atoms. The molecule has 0 saturated carbocycles. The standard InChI is InChI=1S/C65H91N3O20S/c1-51-58(15-12-16-60-65(2,3)56-50-54(89(72,73)74)19-21-57(56)67(60)24-11-7-10-17-63(71)88-68-61(69)22-23-62(68)70)87-59-49-53(18-20-55(59)64(51)52-13-8-6-9-14-52)66(25-27-77-33-35-81-41-43-85-47-45-83-39-37-79-31-29-75-4)26-28-78-34-36-82-42-44-86-48-46-84-40-38-80-32-30-76-5/h6,8-9,12-16,18-21,49-50H,7,10-11,17,22-48H2,1-5H3/p+1. The van der Waals surface area contributed by atoms with Gasteiger partial charge in [-0.2, -0.15) is 8.42 Å². The number of ether oxygens (including phenoxy) is 12. The number of carbonyl (C=O) groups excluding carboxylic acids is 3. The number of hydrogen-bond donors (Lipinski definition) is 1. The Morgan fingerprint density at radius 2 is 1.12 bits per heavy atom. The van der Waals surface area contributed by atoms with Gasteiger partial charge in [-0.15, -0.1) is 5.06 Å². The van der Waals surface area contributed by atoms with E-state index in [0.29, 0.717) is 201 Å². The number of imide groups is 1. The summed E-state index contributed by atoms with van der Waals surface area (Å²) in [6.07, 6.45) is 7.60. The molecule has 2 amide bonds. The predicted octanol–water partition coefficient (Wildman–Crippen LogP) is 6.70. The number of allylic oxidation sites excluding steroid dienone is 3. The summed E-state index contributed by atoms with van der Waals surface area (Å²) in [7, 11) is -1.23. The van der Waals surface area contributed by atoms with Gasteiger partial charge < -0.3 is 71.0 Å². The molecule has 1 aliphatic carbocycles. The molecule has 3 heterocycles. The van der Waals surface area contributed by atoms with Crippen molar-refractivity contribution < 1.29 is 93.5 Å². The number of methoxy groups -OCH3 is 2. The highest BCUT2D eigenvalue weighted by atomic mass is 32.2. The summed E-state index contributed by atoms with van der Waals surface area (Å²) in [4.78, 5) is 43.5. The van der Waals surface area contributed by atoms with Gasteiger partial charge in [0.15, 0.2) is 13.1 Å². The Labute approximate surface area is 523 Å². The van der Waals surface area contributed by atoms with Gasteiger partial charge in [0.05, 0.1) is 143 Å². The number of amides is 2. The van der Waals surface area contributed by atoms with Crippen LogP contribution in [0.4, 0.5) is 5.69 Å². The molecule has 1 fully saturated rings. The third kappa shape index (κ3) is 24.4. The van der Waals surface area contributed by atoms with Crippen molar-refractivity contribution in [1.82, 2.24) is 9.64 Å². The number of hydroxylamine groups is 2. The molecule has 2 aromatic carbocycles. The van der Waals surface area contributed by atoms with Crippen LogP contribution in [0.15, 0.2) is 93.9 Å². The van der Waals surface area contributed by atoms with E-state index in [1.807, 2.05) is 63.3 Å². The van der Waals surface area contributed by atoms with E-state index in [4.69, 9.17) is 66.1 Å². The molecule has 1 saturated heterocycles. The molecule has 2 aromatic rings. The average Bonchev–Trinajstić information content (AvgIpc) is 1.68. The van der Waals surface area contributed by atoms with Crippen LogP contribution in [0.1, 0.15) is 69.3 Å². The molecule has 0 atom stereocenters. The molecule has 89 heavy (non-hydrogen) atoms. The molecule has 0 bridgehead atoms. The zero-order valence-electron chi connectivity index (χ0n) is 52.5. The van der Waals surface area contributed by atoms with Crippen molar-refractivity contribution in [2.24, 2.45) is 0 Å². The van der Waals surface area contributed by atoms with Gasteiger partial charge in [0.1, 0.15) is 24.7 Å². The van der Waals surface area contributed by atoms with E-state index in [1.54, 1.807) is 20.3 Å². The van der Waals surface area contributed by atoms with Crippen LogP contribution in [0.2, 0.25) is 0 Å². The number of rotatable bonds is 47. The number of carbonyl (C=O) groups is 3. The van der Waals surface area contributed by atoms with E-state index < -0.39 is 33.3 Å². The average molecular weight is 1270 g/mol. The lowest BCUT2D eigenvalue weighted by atomic mass is 9.83. The van der Waals surface area contributed by atoms with Crippen LogP contribution in [-0.2, 0) is 91.6 Å². The third-order valence-electron chi connectivity index (χ3n) is 14.6. The molecule has 6 rings (SSSR count). The van der Waals surface area contributed by atoms with Gasteiger partial charge in [-0.25, -0.2) is 9.37 Å². The van der Waals surface area contributed by atoms with E-state index in [2.05, 4.69) is 33.7 Å². The van der Waals surface area contributed by atoms with Gasteiger partial charge in [-0.05, 0) is 72.9 Å². The summed E-state index contributed by atoms with van der Waals surface area (Å²) in [6.45, 7) is 17.8. The third-order valence-corrected chi connectivity index (χ3v) is 15.5. The first-order chi connectivity index (χ1) is 43.2. The van der Waals surface area contributed by atoms with Crippen LogP contribution in [0.3, 0.4) is 0 Å². The molecule has 0 radical (unpaired) electrons. The maximum atomic E-state index is 12.6. The van der Waals surface area contributed by atoms with E-state index in [-0.39, 0.29) is 24.2 Å². The number of unbranched alkanes of at least 4 members (excludes halogenated alkanes) is 2. The van der Waals surface area contributed by atoms with Crippen LogP contribution in [0, 0.1) is 6.92 Å². The second kappa shape index (κ2) is 40.1. The maximum Gasteiger partial charge on any atom is 0.333 e. The van der Waals surface area contributed by atoms with Gasteiger partial charge in [-0.3, -0.25) is 14.1 Å². The highest BCUT2D eigenvalue weighted by Gasteiger charge is 2.40. The topological polar surface area (TPSA) is 248 Å². The zero-order chi connectivity index (χ0) is 63.5. The van der Waals surface area contributed by atoms with Gasteiger partial charge in [-0.1, -0.05) is 56.7 Å². The Hall–Kier alpha value is -5.81.